The van der Waals surface area contributed by atoms with Crippen LogP contribution in [-0.2, 0) is 5.41 Å². The average molecular weight is 343 g/mol. The number of benzene rings is 1. The van der Waals surface area contributed by atoms with E-state index in [1.165, 1.54) is 11.1 Å². The van der Waals surface area contributed by atoms with Crippen molar-refractivity contribution < 1.29 is 0 Å². The van der Waals surface area contributed by atoms with Crippen LogP contribution >= 0.6 is 15.9 Å². The molecule has 2 aromatic heterocycles. The molecule has 3 aromatic rings. The SMILES string of the molecule is Cc1ccc2nc(-c3ccc(C(C)(C)C)cc3)cn2c1Br. The Balaban J connectivity index is 2.06. The molecule has 0 aliphatic carbocycles. The zero-order valence-corrected chi connectivity index (χ0v) is 14.4. The number of aromatic nitrogens is 2. The number of hydrogen-bond acceptors (Lipinski definition) is 1. The van der Waals surface area contributed by atoms with Gasteiger partial charge >= 0.3 is 0 Å². The second-order valence-electron chi connectivity index (χ2n) is 6.49. The van der Waals surface area contributed by atoms with Gasteiger partial charge in [-0.15, -0.1) is 0 Å². The predicted molar refractivity (Wildman–Crippen MR) is 91.8 cm³/mol. The summed E-state index contributed by atoms with van der Waals surface area (Å²) in [7, 11) is 0. The van der Waals surface area contributed by atoms with E-state index in [4.69, 9.17) is 4.98 Å². The molecule has 0 spiro atoms. The Labute approximate surface area is 134 Å². The lowest BCUT2D eigenvalue weighted by Gasteiger charge is -2.18. The molecule has 1 aromatic carbocycles. The third-order valence-electron chi connectivity index (χ3n) is 3.80. The summed E-state index contributed by atoms with van der Waals surface area (Å²) >= 11 is 3.63. The fourth-order valence-electron chi connectivity index (χ4n) is 2.41. The number of rotatable bonds is 1. The number of hydrogen-bond donors (Lipinski definition) is 0. The van der Waals surface area contributed by atoms with Crippen LogP contribution in [0.1, 0.15) is 31.9 Å². The molecule has 0 unspecified atom stereocenters. The first kappa shape index (κ1) is 14.3. The molecule has 0 radical (unpaired) electrons. The largest absolute Gasteiger partial charge is 0.293 e. The highest BCUT2D eigenvalue weighted by molar-refractivity contribution is 9.10. The predicted octanol–water partition coefficient (Wildman–Crippen LogP) is 5.37. The Bertz CT molecular complexity index is 792. The van der Waals surface area contributed by atoms with Crippen LogP contribution in [0.2, 0.25) is 0 Å². The maximum absolute atomic E-state index is 4.71. The monoisotopic (exact) mass is 342 g/mol. The van der Waals surface area contributed by atoms with Crippen LogP contribution in [0.5, 0.6) is 0 Å². The van der Waals surface area contributed by atoms with Crippen LogP contribution in [0.4, 0.5) is 0 Å². The molecule has 0 aliphatic heterocycles. The lowest BCUT2D eigenvalue weighted by molar-refractivity contribution is 0.590. The molecule has 0 saturated carbocycles. The fraction of sp³-hybridized carbons (Fsp3) is 0.278. The Morgan fingerprint density at radius 1 is 1.00 bits per heavy atom. The van der Waals surface area contributed by atoms with Crippen LogP contribution in [0, 0.1) is 6.92 Å². The van der Waals surface area contributed by atoms with E-state index in [0.717, 1.165) is 21.5 Å². The molecule has 0 bridgehead atoms. The van der Waals surface area contributed by atoms with E-state index in [2.05, 4.69) is 84.6 Å². The van der Waals surface area contributed by atoms with Crippen LogP contribution in [0.15, 0.2) is 47.2 Å². The third kappa shape index (κ3) is 2.62. The second-order valence-corrected chi connectivity index (χ2v) is 7.24. The van der Waals surface area contributed by atoms with Crippen molar-refractivity contribution in [2.24, 2.45) is 0 Å². The smallest absolute Gasteiger partial charge is 0.138 e. The van der Waals surface area contributed by atoms with E-state index in [1.807, 2.05) is 6.07 Å². The molecule has 2 heterocycles. The second kappa shape index (κ2) is 4.99. The minimum atomic E-state index is 0.178. The number of nitrogens with zero attached hydrogens (tertiary/aromatic N) is 2. The molecule has 3 heteroatoms. The minimum absolute atomic E-state index is 0.178. The summed E-state index contributed by atoms with van der Waals surface area (Å²) in [5, 5.41) is 0. The molecule has 0 aliphatic rings. The van der Waals surface area contributed by atoms with Gasteiger partial charge in [-0.25, -0.2) is 4.98 Å². The number of pyridine rings is 1. The van der Waals surface area contributed by atoms with Crippen molar-refractivity contribution in [2.75, 3.05) is 0 Å². The van der Waals surface area contributed by atoms with E-state index in [0.29, 0.717) is 0 Å². The van der Waals surface area contributed by atoms with Gasteiger partial charge in [0.05, 0.1) is 10.3 Å². The summed E-state index contributed by atoms with van der Waals surface area (Å²) in [5.41, 5.74) is 5.83. The molecule has 0 atom stereocenters. The standard InChI is InChI=1S/C18H19BrN2/c1-12-5-10-16-20-15(11-21(16)17(12)19)13-6-8-14(9-7-13)18(2,3)4/h5-11H,1-4H3. The van der Waals surface area contributed by atoms with Crippen LogP contribution < -0.4 is 0 Å². The quantitative estimate of drug-likeness (QED) is 0.543. The Morgan fingerprint density at radius 2 is 1.67 bits per heavy atom. The van der Waals surface area contributed by atoms with E-state index in [1.54, 1.807) is 0 Å². The molecule has 21 heavy (non-hydrogen) atoms. The Morgan fingerprint density at radius 3 is 2.29 bits per heavy atom. The molecule has 0 amide bonds. The summed E-state index contributed by atoms with van der Waals surface area (Å²) in [4.78, 5) is 4.71. The van der Waals surface area contributed by atoms with E-state index in [-0.39, 0.29) is 5.41 Å². The number of halogens is 1. The van der Waals surface area contributed by atoms with Gasteiger partial charge in [-0.05, 0) is 45.5 Å². The number of fused-ring (bicyclic) bond motifs is 1. The van der Waals surface area contributed by atoms with Crippen LogP contribution in [0.3, 0.4) is 0 Å². The summed E-state index contributed by atoms with van der Waals surface area (Å²) in [5.74, 6) is 0. The van der Waals surface area contributed by atoms with Gasteiger partial charge in [0.1, 0.15) is 5.65 Å². The topological polar surface area (TPSA) is 17.3 Å². The van der Waals surface area contributed by atoms with Crippen molar-refractivity contribution in [2.45, 2.75) is 33.1 Å². The highest BCUT2D eigenvalue weighted by atomic mass is 79.9. The Hall–Kier alpha value is -1.61. The van der Waals surface area contributed by atoms with E-state index < -0.39 is 0 Å². The van der Waals surface area contributed by atoms with Gasteiger partial charge in [0, 0.05) is 11.8 Å². The van der Waals surface area contributed by atoms with Gasteiger partial charge in [0.15, 0.2) is 0 Å². The molecule has 0 N–H and O–H groups in total. The van der Waals surface area contributed by atoms with Gasteiger partial charge in [0.2, 0.25) is 0 Å². The molecule has 2 nitrogen and oxygen atoms in total. The number of aryl methyl sites for hydroxylation is 1. The van der Waals surface area contributed by atoms with E-state index in [9.17, 15) is 0 Å². The van der Waals surface area contributed by atoms with Crippen molar-refractivity contribution in [3.8, 4) is 11.3 Å². The van der Waals surface area contributed by atoms with Crippen molar-refractivity contribution in [3.63, 3.8) is 0 Å². The molecule has 108 valence electrons. The summed E-state index contributed by atoms with van der Waals surface area (Å²) in [6, 6.07) is 12.8. The highest BCUT2D eigenvalue weighted by Crippen LogP contribution is 2.27. The van der Waals surface area contributed by atoms with Gasteiger partial charge in [0.25, 0.3) is 0 Å². The van der Waals surface area contributed by atoms with Crippen molar-refractivity contribution in [3.05, 3.63) is 58.3 Å². The number of imidazole rings is 1. The summed E-state index contributed by atoms with van der Waals surface area (Å²) < 4.78 is 3.15. The lowest BCUT2D eigenvalue weighted by atomic mass is 9.86. The van der Waals surface area contributed by atoms with Gasteiger partial charge < -0.3 is 0 Å². The van der Waals surface area contributed by atoms with Gasteiger partial charge in [-0.2, -0.15) is 0 Å². The zero-order chi connectivity index (χ0) is 15.2. The molecule has 3 rings (SSSR count). The normalized spacial score (nSPS) is 12.0. The summed E-state index contributed by atoms with van der Waals surface area (Å²) in [6.07, 6.45) is 2.08. The molecule has 0 fully saturated rings. The van der Waals surface area contributed by atoms with E-state index >= 15 is 0 Å². The lowest BCUT2D eigenvalue weighted by Crippen LogP contribution is -2.10. The summed E-state index contributed by atoms with van der Waals surface area (Å²) in [6.45, 7) is 8.77. The first-order valence-corrected chi connectivity index (χ1v) is 7.91. The molecular formula is C18H19BrN2. The first-order valence-electron chi connectivity index (χ1n) is 7.11. The Kier molecular flexibility index (Phi) is 3.40. The van der Waals surface area contributed by atoms with Gasteiger partial charge in [-0.3, -0.25) is 4.40 Å². The third-order valence-corrected chi connectivity index (χ3v) is 4.81. The van der Waals surface area contributed by atoms with Crippen molar-refractivity contribution >= 4 is 21.6 Å². The maximum Gasteiger partial charge on any atom is 0.138 e. The van der Waals surface area contributed by atoms with Crippen LogP contribution in [-0.4, -0.2) is 9.38 Å². The first-order chi connectivity index (χ1) is 9.86. The van der Waals surface area contributed by atoms with Crippen LogP contribution in [0.25, 0.3) is 16.9 Å². The highest BCUT2D eigenvalue weighted by Gasteiger charge is 2.14. The van der Waals surface area contributed by atoms with Gasteiger partial charge in [-0.1, -0.05) is 51.1 Å². The van der Waals surface area contributed by atoms with Crippen molar-refractivity contribution in [1.82, 2.24) is 9.38 Å². The van der Waals surface area contributed by atoms with Crippen molar-refractivity contribution in [1.29, 1.82) is 0 Å². The zero-order valence-electron chi connectivity index (χ0n) is 12.8. The average Bonchev–Trinajstić information content (AvgIpc) is 2.87. The fourth-order valence-corrected chi connectivity index (χ4v) is 2.82. The minimum Gasteiger partial charge on any atom is -0.293 e. The molecular weight excluding hydrogens is 324 g/mol. The maximum atomic E-state index is 4.71. The molecule has 0 saturated heterocycles.